The molecule has 44 valence electrons. The van der Waals surface area contributed by atoms with E-state index in [1.165, 1.54) is 0 Å². The molecule has 0 saturated heterocycles. The normalized spacial score (nSPS) is 0. The van der Waals surface area contributed by atoms with Crippen molar-refractivity contribution in [2.24, 2.45) is 0 Å². The molecule has 0 aliphatic rings. The first-order valence-electron chi connectivity index (χ1n) is 0. The van der Waals surface area contributed by atoms with E-state index in [0.717, 1.165) is 0 Å². The van der Waals surface area contributed by atoms with E-state index in [1.807, 2.05) is 0 Å². The summed E-state index contributed by atoms with van der Waals surface area (Å²) in [5, 5.41) is 0. The van der Waals surface area contributed by atoms with Gasteiger partial charge in [-0.3, -0.25) is 0 Å². The fourth-order valence-electron chi connectivity index (χ4n) is 0. The molecule has 0 aromatic rings. The molecule has 0 fully saturated rings. The fraction of sp³-hybridized carbons (Fsp3) is 0. The Labute approximate surface area is 87.1 Å². The van der Waals surface area contributed by atoms with Crippen molar-refractivity contribution in [2.45, 2.75) is 0 Å². The molecule has 5 nitrogen and oxygen atoms in total. The average molecular weight is 139 g/mol. The van der Waals surface area contributed by atoms with Crippen LogP contribution in [0.5, 0.6) is 0 Å². The molecule has 0 heterocycles. The molecule has 0 saturated carbocycles. The monoisotopic (exact) mass is 139 g/mol. The minimum atomic E-state index is 0. The summed E-state index contributed by atoms with van der Waals surface area (Å²) < 4.78 is 0. The summed E-state index contributed by atoms with van der Waals surface area (Å²) in [6.07, 6.45) is 0. The van der Waals surface area contributed by atoms with Crippen molar-refractivity contribution in [3.05, 3.63) is 0 Å². The molecule has 0 aromatic carbocycles. The standard InChI is InChI=1S/2Na.5H2O.2H/h;;5*1H2;;/p+1. The van der Waals surface area contributed by atoms with Crippen LogP contribution in [0.2, 0.25) is 0 Å². The van der Waals surface area contributed by atoms with E-state index in [0.29, 0.717) is 0 Å². The molecule has 7 heavy (non-hydrogen) atoms. The summed E-state index contributed by atoms with van der Waals surface area (Å²) in [7, 11) is 0. The second kappa shape index (κ2) is 111. The molecule has 0 aliphatic heterocycles. The molecule has 0 amide bonds. The quantitative estimate of drug-likeness (QED) is 0.293. The van der Waals surface area contributed by atoms with Crippen LogP contribution in [0.4, 0.5) is 0 Å². The predicted molar refractivity (Wildman–Crippen MR) is 33.5 cm³/mol. The Hall–Kier alpha value is 1.80. The Morgan fingerprint density at radius 1 is 0.429 bits per heavy atom. The van der Waals surface area contributed by atoms with Crippen molar-refractivity contribution < 1.29 is 28.8 Å². The zero-order chi connectivity index (χ0) is 0. The number of rotatable bonds is 0. The second-order valence-corrected chi connectivity index (χ2v) is 0. The second-order valence-electron chi connectivity index (χ2n) is 0. The zero-order valence-electron chi connectivity index (χ0n) is 3.50. The van der Waals surface area contributed by atoms with Gasteiger partial charge in [-0.2, -0.15) is 0 Å². The van der Waals surface area contributed by atoms with Crippen LogP contribution < -0.4 is 0 Å². The van der Waals surface area contributed by atoms with Crippen LogP contribution in [0.3, 0.4) is 0 Å². The number of hydrogen-bond acceptors (Lipinski definition) is 0. The fourth-order valence-corrected chi connectivity index (χ4v) is 0. The van der Waals surface area contributed by atoms with Crippen LogP contribution in [0.1, 0.15) is 1.43 Å². The van der Waals surface area contributed by atoms with Gasteiger partial charge in [-0.1, -0.05) is 0 Å². The Bertz CT molecular complexity index is 10.4. The maximum atomic E-state index is 0. The van der Waals surface area contributed by atoms with E-state index in [4.69, 9.17) is 0 Å². The summed E-state index contributed by atoms with van der Waals surface area (Å²) in [4.78, 5) is 0. The van der Waals surface area contributed by atoms with Crippen LogP contribution in [-0.4, -0.2) is 86.5 Å². The van der Waals surface area contributed by atoms with Gasteiger partial charge in [0.1, 0.15) is 0 Å². The van der Waals surface area contributed by atoms with Gasteiger partial charge in [-0.05, 0) is 0 Å². The first-order valence-corrected chi connectivity index (χ1v) is 0. The first-order chi connectivity index (χ1) is 0. The van der Waals surface area contributed by atoms with Gasteiger partial charge in [0, 0.05) is 0 Å². The van der Waals surface area contributed by atoms with E-state index in [9.17, 15) is 0 Å². The predicted octanol–water partition coefficient (Wildman–Crippen LogP) is -5.31. The molecule has 0 rings (SSSR count). The van der Waals surface area contributed by atoms with E-state index in [1.54, 1.807) is 0 Å². The van der Waals surface area contributed by atoms with Crippen molar-refractivity contribution in [3.63, 3.8) is 0 Å². The molecule has 0 radical (unpaired) electrons. The van der Waals surface area contributed by atoms with Crippen LogP contribution in [0.25, 0.3) is 0 Å². The third-order valence-electron chi connectivity index (χ3n) is 0. The van der Waals surface area contributed by atoms with Crippen molar-refractivity contribution in [3.8, 4) is 0 Å². The maximum absolute atomic E-state index is 0. The van der Waals surface area contributed by atoms with Crippen LogP contribution in [0.15, 0.2) is 0 Å². The van der Waals surface area contributed by atoms with Gasteiger partial charge < -0.3 is 27.4 Å². The summed E-state index contributed by atoms with van der Waals surface area (Å²) >= 11 is 0. The third kappa shape index (κ3) is 81.0. The van der Waals surface area contributed by atoms with Crippen molar-refractivity contribution >= 4 is 59.1 Å². The minimum absolute atomic E-state index is 0. The molecular formula is H13Na2O5+. The van der Waals surface area contributed by atoms with Crippen LogP contribution in [-0.2, 0) is 0 Å². The van der Waals surface area contributed by atoms with Crippen LogP contribution in [0, 0.1) is 0 Å². The molecule has 0 atom stereocenters. The molecular weight excluding hydrogens is 126 g/mol. The zero-order valence-corrected chi connectivity index (χ0v) is 2.50. The Morgan fingerprint density at radius 2 is 0.429 bits per heavy atom. The van der Waals surface area contributed by atoms with Gasteiger partial charge in [0.2, 0.25) is 0 Å². The number of hydrogen-bond donors (Lipinski definition) is 0. The van der Waals surface area contributed by atoms with Crippen molar-refractivity contribution in [1.29, 1.82) is 0 Å². The van der Waals surface area contributed by atoms with E-state index < -0.39 is 0 Å². The Kier molecular flexibility index (Phi) is 2630. The van der Waals surface area contributed by atoms with Gasteiger partial charge in [-0.25, -0.2) is 0 Å². The molecule has 0 bridgehead atoms. The SMILES string of the molecule is O.O.O.O.O.[H+].[NaH].[NaH]. The topological polar surface area (TPSA) is 158 Å². The molecule has 0 aromatic heterocycles. The molecule has 0 spiro atoms. The summed E-state index contributed by atoms with van der Waals surface area (Å²) in [6.45, 7) is 0. The molecule has 0 aliphatic carbocycles. The van der Waals surface area contributed by atoms with E-state index >= 15 is 0 Å². The van der Waals surface area contributed by atoms with Gasteiger partial charge >= 0.3 is 60.5 Å². The Morgan fingerprint density at radius 3 is 0.429 bits per heavy atom. The van der Waals surface area contributed by atoms with E-state index in [-0.39, 0.29) is 87.9 Å². The van der Waals surface area contributed by atoms with Gasteiger partial charge in [0.05, 0.1) is 0 Å². The summed E-state index contributed by atoms with van der Waals surface area (Å²) in [5.74, 6) is 0. The van der Waals surface area contributed by atoms with Gasteiger partial charge in [-0.15, -0.1) is 0 Å². The Balaban J connectivity index is 0. The van der Waals surface area contributed by atoms with Crippen molar-refractivity contribution in [1.82, 2.24) is 0 Å². The summed E-state index contributed by atoms with van der Waals surface area (Å²) in [6, 6.07) is 0. The van der Waals surface area contributed by atoms with Crippen molar-refractivity contribution in [2.75, 3.05) is 0 Å². The first kappa shape index (κ1) is 165. The third-order valence-corrected chi connectivity index (χ3v) is 0. The average Bonchev–Trinajstić information content (AvgIpc) is 0. The molecule has 7 heteroatoms. The molecule has 0 unspecified atom stereocenters. The van der Waals surface area contributed by atoms with Gasteiger partial charge in [0.15, 0.2) is 0 Å². The van der Waals surface area contributed by atoms with E-state index in [2.05, 4.69) is 0 Å². The van der Waals surface area contributed by atoms with Gasteiger partial charge in [0.25, 0.3) is 0 Å². The summed E-state index contributed by atoms with van der Waals surface area (Å²) in [5.41, 5.74) is 0. The molecule has 10 N–H and O–H groups in total. The van der Waals surface area contributed by atoms with Crippen LogP contribution >= 0.6 is 0 Å².